The minimum Gasteiger partial charge on any atom is -0.265 e. The van der Waals surface area contributed by atoms with Crippen molar-refractivity contribution in [2.24, 2.45) is 0 Å². The van der Waals surface area contributed by atoms with Crippen LogP contribution >= 0.6 is 0 Å². The van der Waals surface area contributed by atoms with Gasteiger partial charge in [0.15, 0.2) is 0 Å². The Labute approximate surface area is 168 Å². The molecule has 7 heteroatoms. The third-order valence-electron chi connectivity index (χ3n) is 4.62. The molecule has 0 saturated carbocycles. The summed E-state index contributed by atoms with van der Waals surface area (Å²) >= 11 is 0. The molecular formula is C20H13IrN6-. The topological polar surface area (TPSA) is 71.3 Å². The third kappa shape index (κ3) is 2.46. The van der Waals surface area contributed by atoms with Crippen LogP contribution in [0.5, 0.6) is 0 Å². The minimum atomic E-state index is 0. The van der Waals surface area contributed by atoms with Gasteiger partial charge in [-0.15, -0.1) is 18.2 Å². The van der Waals surface area contributed by atoms with Gasteiger partial charge in [-0.1, -0.05) is 22.4 Å². The molecule has 0 amide bonds. The summed E-state index contributed by atoms with van der Waals surface area (Å²) in [4.78, 5) is 9.06. The van der Waals surface area contributed by atoms with Gasteiger partial charge in [0.05, 0.1) is 23.6 Å². The molecule has 0 fully saturated rings. The van der Waals surface area contributed by atoms with Crippen molar-refractivity contribution in [3.8, 4) is 17.2 Å². The molecule has 0 aliphatic heterocycles. The molecule has 6 nitrogen and oxygen atoms in total. The Kier molecular flexibility index (Phi) is 4.03. The maximum absolute atomic E-state index is 9.25. The van der Waals surface area contributed by atoms with Crippen LogP contribution in [0.25, 0.3) is 33.1 Å². The molecular weight excluding hydrogens is 516 g/mol. The van der Waals surface area contributed by atoms with E-state index in [4.69, 9.17) is 0 Å². The van der Waals surface area contributed by atoms with E-state index >= 15 is 0 Å². The smallest absolute Gasteiger partial charge is 0.149 e. The van der Waals surface area contributed by atoms with E-state index in [1.54, 1.807) is 21.5 Å². The fourth-order valence-corrected chi connectivity index (χ4v) is 3.53. The van der Waals surface area contributed by atoms with Crippen LogP contribution in [0.2, 0.25) is 0 Å². The molecule has 1 aromatic carbocycles. The van der Waals surface area contributed by atoms with Gasteiger partial charge in [0.1, 0.15) is 11.8 Å². The quantitative estimate of drug-likeness (QED) is 0.312. The number of nitrogens with zero attached hydrogens (tertiary/aromatic N) is 6. The van der Waals surface area contributed by atoms with Crippen molar-refractivity contribution in [3.63, 3.8) is 0 Å². The largest absolute Gasteiger partial charge is 0.265 e. The van der Waals surface area contributed by atoms with Crippen LogP contribution in [0.1, 0.15) is 17.1 Å². The zero-order valence-corrected chi connectivity index (χ0v) is 17.0. The number of rotatable bonds is 1. The maximum atomic E-state index is 9.25. The molecule has 0 bridgehead atoms. The van der Waals surface area contributed by atoms with E-state index in [1.807, 2.05) is 38.1 Å². The van der Waals surface area contributed by atoms with Gasteiger partial charge < -0.3 is 0 Å². The molecule has 5 aromatic rings. The van der Waals surface area contributed by atoms with E-state index in [0.717, 1.165) is 38.8 Å². The molecule has 133 valence electrons. The second-order valence-electron chi connectivity index (χ2n) is 6.24. The first-order valence-corrected chi connectivity index (χ1v) is 8.21. The summed E-state index contributed by atoms with van der Waals surface area (Å²) in [5.74, 6) is 0. The fraction of sp³-hybridized carbons (Fsp3) is 0.100. The minimum absolute atomic E-state index is 0. The number of pyridine rings is 1. The Balaban J connectivity index is 0.00000180. The zero-order valence-electron chi connectivity index (χ0n) is 14.6. The maximum Gasteiger partial charge on any atom is 0.149 e. The normalized spacial score (nSPS) is 11.0. The number of nitriles is 1. The van der Waals surface area contributed by atoms with Gasteiger partial charge in [-0.25, -0.2) is 0 Å². The average molecular weight is 530 g/mol. The van der Waals surface area contributed by atoms with Crippen LogP contribution in [-0.4, -0.2) is 24.2 Å². The van der Waals surface area contributed by atoms with Crippen molar-refractivity contribution in [3.05, 3.63) is 65.9 Å². The number of aryl methyl sites for hydroxylation is 2. The number of hydrogen-bond acceptors (Lipinski definition) is 4. The van der Waals surface area contributed by atoms with Crippen LogP contribution in [0, 0.1) is 31.2 Å². The predicted octanol–water partition coefficient (Wildman–Crippen LogP) is 3.48. The average Bonchev–Trinajstić information content (AvgIpc) is 3.28. The van der Waals surface area contributed by atoms with Crippen molar-refractivity contribution in [1.82, 2.24) is 24.2 Å². The third-order valence-corrected chi connectivity index (χ3v) is 4.62. The second kappa shape index (κ2) is 6.27. The molecule has 0 unspecified atom stereocenters. The second-order valence-corrected chi connectivity index (χ2v) is 6.24. The molecule has 0 aliphatic carbocycles. The van der Waals surface area contributed by atoms with Crippen LogP contribution < -0.4 is 0 Å². The molecule has 1 radical (unpaired) electrons. The molecule has 27 heavy (non-hydrogen) atoms. The molecule has 0 N–H and O–H groups in total. The molecule has 5 rings (SSSR count). The van der Waals surface area contributed by atoms with Crippen molar-refractivity contribution < 1.29 is 20.1 Å². The monoisotopic (exact) mass is 530 g/mol. The number of benzene rings is 1. The number of fused-ring (bicyclic) bond motifs is 6. The van der Waals surface area contributed by atoms with Gasteiger partial charge in [-0.2, -0.15) is 15.0 Å². The van der Waals surface area contributed by atoms with Crippen LogP contribution in [0.4, 0.5) is 0 Å². The Morgan fingerprint density at radius 2 is 1.93 bits per heavy atom. The van der Waals surface area contributed by atoms with Crippen molar-refractivity contribution in [2.45, 2.75) is 13.8 Å². The molecule has 0 saturated heterocycles. The number of imidazole rings is 1. The van der Waals surface area contributed by atoms with E-state index in [-0.39, 0.29) is 20.1 Å². The Morgan fingerprint density at radius 1 is 1.07 bits per heavy atom. The van der Waals surface area contributed by atoms with Crippen molar-refractivity contribution in [1.29, 1.82) is 5.26 Å². The molecule has 0 spiro atoms. The van der Waals surface area contributed by atoms with Crippen LogP contribution in [-0.2, 0) is 20.1 Å². The van der Waals surface area contributed by atoms with Gasteiger partial charge in [-0.3, -0.25) is 14.5 Å². The summed E-state index contributed by atoms with van der Waals surface area (Å²) in [6.45, 7) is 4.00. The summed E-state index contributed by atoms with van der Waals surface area (Å²) < 4.78 is 3.55. The van der Waals surface area contributed by atoms with E-state index < -0.39 is 0 Å². The first kappa shape index (κ1) is 17.3. The van der Waals surface area contributed by atoms with Crippen molar-refractivity contribution in [2.75, 3.05) is 0 Å². The van der Waals surface area contributed by atoms with Crippen LogP contribution in [0.3, 0.4) is 0 Å². The van der Waals surface area contributed by atoms with Crippen LogP contribution in [0.15, 0.2) is 42.7 Å². The first-order valence-electron chi connectivity index (χ1n) is 8.21. The summed E-state index contributed by atoms with van der Waals surface area (Å²) in [7, 11) is 0. The van der Waals surface area contributed by atoms with Gasteiger partial charge in [-0.05, 0) is 31.5 Å². The molecule has 4 aromatic heterocycles. The van der Waals surface area contributed by atoms with Crippen molar-refractivity contribution >= 4 is 21.9 Å². The standard InChI is InChI=1S/C20H13N6.Ir/c1-12-6-7-15(13(2)23-12)16-4-3-5-17-19(16)18-8-9-22-26(18)25-11-14(10-21)24-20(17)25;/h3-4,6-9,11H,1-2H3;/q-1;. The molecule has 4 heterocycles. The Hall–Kier alpha value is -3.07. The van der Waals surface area contributed by atoms with E-state index in [9.17, 15) is 5.26 Å². The van der Waals surface area contributed by atoms with Gasteiger partial charge >= 0.3 is 0 Å². The van der Waals surface area contributed by atoms with E-state index in [1.165, 1.54) is 0 Å². The first-order chi connectivity index (χ1) is 12.7. The van der Waals surface area contributed by atoms with Gasteiger partial charge in [0.25, 0.3) is 0 Å². The zero-order chi connectivity index (χ0) is 17.8. The van der Waals surface area contributed by atoms with E-state index in [0.29, 0.717) is 11.3 Å². The van der Waals surface area contributed by atoms with E-state index in [2.05, 4.69) is 33.3 Å². The number of aromatic nitrogens is 5. The Bertz CT molecular complexity index is 1370. The SMILES string of the molecule is Cc1ccc(-c2cc[c-]c3c2c2ccnn2n2cc(C#N)nc32)c(C)n1.[Ir]. The summed E-state index contributed by atoms with van der Waals surface area (Å²) in [6, 6.07) is 15.4. The fourth-order valence-electron chi connectivity index (χ4n) is 3.53. The summed E-state index contributed by atoms with van der Waals surface area (Å²) in [6.07, 6.45) is 3.44. The number of hydrogen-bond donors (Lipinski definition) is 0. The van der Waals surface area contributed by atoms with Gasteiger partial charge in [0.2, 0.25) is 0 Å². The summed E-state index contributed by atoms with van der Waals surface area (Å²) in [5.41, 5.74) is 6.01. The van der Waals surface area contributed by atoms with Gasteiger partial charge in [0, 0.05) is 31.5 Å². The summed E-state index contributed by atoms with van der Waals surface area (Å²) in [5, 5.41) is 15.5. The molecule has 0 aliphatic rings. The molecule has 0 atom stereocenters. The Morgan fingerprint density at radius 3 is 2.70 bits per heavy atom. The predicted molar refractivity (Wildman–Crippen MR) is 97.7 cm³/mol.